The molecule has 0 radical (unpaired) electrons. The minimum Gasteiger partial charge on any atom is -0.333 e. The van der Waals surface area contributed by atoms with E-state index in [0.29, 0.717) is 0 Å². The highest BCUT2D eigenvalue weighted by Crippen LogP contribution is 1.74. The lowest BCUT2D eigenvalue weighted by molar-refractivity contribution is -0.118. The lowest BCUT2D eigenvalue weighted by atomic mass is 10.4. The normalized spacial score (nSPS) is 13.7. The fourth-order valence-electron chi connectivity index (χ4n) is 0.317. The van der Waals surface area contributed by atoms with Crippen molar-refractivity contribution in [2.24, 2.45) is 5.73 Å². The van der Waals surface area contributed by atoms with Crippen LogP contribution in [0.15, 0.2) is 12.3 Å². The summed E-state index contributed by atoms with van der Waals surface area (Å²) in [6.07, 6.45) is 3.26. The predicted molar refractivity (Wildman–Crippen MR) is 36.6 cm³/mol. The number of amides is 1. The zero-order valence-corrected chi connectivity index (χ0v) is 5.72. The van der Waals surface area contributed by atoms with Crippen LogP contribution < -0.4 is 11.1 Å². The molecule has 0 aliphatic heterocycles. The molecule has 0 aliphatic rings. The van der Waals surface area contributed by atoms with Gasteiger partial charge in [-0.05, 0) is 6.92 Å². The topological polar surface area (TPSA) is 55.1 Å². The zero-order chi connectivity index (χ0) is 7.28. The van der Waals surface area contributed by atoms with E-state index in [0.717, 1.165) is 0 Å². The Labute approximate surface area is 54.9 Å². The van der Waals surface area contributed by atoms with Crippen LogP contribution in [0.1, 0.15) is 13.8 Å². The lowest BCUT2D eigenvalue weighted by Crippen LogP contribution is -2.16. The Balaban J connectivity index is 3.36. The maximum atomic E-state index is 10.2. The van der Waals surface area contributed by atoms with Crippen molar-refractivity contribution in [3.8, 4) is 0 Å². The summed E-state index contributed by atoms with van der Waals surface area (Å²) in [5.74, 6) is -0.0769. The highest BCUT2D eigenvalue weighted by molar-refractivity contribution is 5.73. The minimum atomic E-state index is -0.0769. The van der Waals surface area contributed by atoms with E-state index in [-0.39, 0.29) is 11.9 Å². The van der Waals surface area contributed by atoms with Crippen LogP contribution in [0.3, 0.4) is 0 Å². The molecule has 1 atom stereocenters. The van der Waals surface area contributed by atoms with E-state index in [2.05, 4.69) is 5.32 Å². The van der Waals surface area contributed by atoms with E-state index in [9.17, 15) is 4.79 Å². The van der Waals surface area contributed by atoms with Crippen LogP contribution in [0.2, 0.25) is 0 Å². The zero-order valence-electron chi connectivity index (χ0n) is 5.72. The van der Waals surface area contributed by atoms with Crippen molar-refractivity contribution in [2.45, 2.75) is 19.9 Å². The summed E-state index contributed by atoms with van der Waals surface area (Å²) in [6, 6.07) is -0.00292. The van der Waals surface area contributed by atoms with Gasteiger partial charge in [-0.3, -0.25) is 4.79 Å². The van der Waals surface area contributed by atoms with E-state index in [1.54, 1.807) is 12.3 Å². The Kier molecular flexibility index (Phi) is 3.71. The van der Waals surface area contributed by atoms with Crippen LogP contribution >= 0.6 is 0 Å². The van der Waals surface area contributed by atoms with Crippen molar-refractivity contribution in [3.05, 3.63) is 12.3 Å². The Hall–Kier alpha value is -0.830. The Bertz CT molecular complexity index is 118. The largest absolute Gasteiger partial charge is 0.333 e. The molecule has 3 nitrogen and oxygen atoms in total. The van der Waals surface area contributed by atoms with E-state index in [1.165, 1.54) is 6.92 Å². The molecule has 3 heteroatoms. The van der Waals surface area contributed by atoms with Crippen LogP contribution in [-0.4, -0.2) is 11.9 Å². The molecule has 0 aliphatic carbocycles. The van der Waals surface area contributed by atoms with E-state index in [4.69, 9.17) is 5.73 Å². The standard InChI is InChI=1S/C6H12N2O/c1-5(7)3-4-8-6(2)9/h3-5H,7H2,1-2H3,(H,8,9)/b4-3-. The first-order valence-electron chi connectivity index (χ1n) is 2.82. The summed E-state index contributed by atoms with van der Waals surface area (Å²) in [6.45, 7) is 3.28. The van der Waals surface area contributed by atoms with Gasteiger partial charge in [-0.15, -0.1) is 0 Å². The summed E-state index contributed by atoms with van der Waals surface area (Å²) in [7, 11) is 0. The van der Waals surface area contributed by atoms with Gasteiger partial charge in [0.25, 0.3) is 0 Å². The van der Waals surface area contributed by atoms with Crippen LogP contribution in [0.4, 0.5) is 0 Å². The highest BCUT2D eigenvalue weighted by atomic mass is 16.1. The molecule has 52 valence electrons. The molecule has 0 spiro atoms. The second kappa shape index (κ2) is 4.09. The smallest absolute Gasteiger partial charge is 0.220 e. The molecule has 0 saturated heterocycles. The van der Waals surface area contributed by atoms with Crippen molar-refractivity contribution >= 4 is 5.91 Å². The number of nitrogens with one attached hydrogen (secondary N) is 1. The summed E-state index contributed by atoms with van der Waals surface area (Å²) in [4.78, 5) is 10.2. The molecule has 1 amide bonds. The molecule has 0 rings (SSSR count). The monoisotopic (exact) mass is 128 g/mol. The number of nitrogens with two attached hydrogens (primary N) is 1. The van der Waals surface area contributed by atoms with Gasteiger partial charge in [-0.1, -0.05) is 6.08 Å². The molecule has 0 fully saturated rings. The van der Waals surface area contributed by atoms with E-state index in [1.807, 2.05) is 6.92 Å². The molecule has 0 aromatic heterocycles. The van der Waals surface area contributed by atoms with Crippen molar-refractivity contribution in [3.63, 3.8) is 0 Å². The first-order chi connectivity index (χ1) is 4.13. The molecule has 3 N–H and O–H groups in total. The predicted octanol–water partition coefficient (Wildman–Crippen LogP) is -0.0166. The molecule has 0 saturated carbocycles. The fourth-order valence-corrected chi connectivity index (χ4v) is 0.317. The molecule has 0 heterocycles. The number of hydrogen-bond donors (Lipinski definition) is 2. The van der Waals surface area contributed by atoms with Crippen LogP contribution in [0, 0.1) is 0 Å². The first-order valence-corrected chi connectivity index (χ1v) is 2.82. The molecular formula is C6H12N2O. The maximum absolute atomic E-state index is 10.2. The number of rotatable bonds is 2. The quantitative estimate of drug-likeness (QED) is 0.549. The van der Waals surface area contributed by atoms with Crippen molar-refractivity contribution < 1.29 is 4.79 Å². The molecule has 1 unspecified atom stereocenters. The Morgan fingerprint density at radius 2 is 2.33 bits per heavy atom. The third-order valence-electron chi connectivity index (χ3n) is 0.686. The summed E-state index contributed by atoms with van der Waals surface area (Å²) in [5.41, 5.74) is 5.34. The van der Waals surface area contributed by atoms with Gasteiger partial charge >= 0.3 is 0 Å². The summed E-state index contributed by atoms with van der Waals surface area (Å²) in [5, 5.41) is 2.48. The Morgan fingerprint density at radius 3 is 2.67 bits per heavy atom. The molecule has 9 heavy (non-hydrogen) atoms. The van der Waals surface area contributed by atoms with Gasteiger partial charge in [0.2, 0.25) is 5.91 Å². The van der Waals surface area contributed by atoms with Gasteiger partial charge in [-0.25, -0.2) is 0 Å². The Morgan fingerprint density at radius 1 is 1.78 bits per heavy atom. The van der Waals surface area contributed by atoms with Gasteiger partial charge in [0.1, 0.15) is 0 Å². The van der Waals surface area contributed by atoms with Gasteiger partial charge < -0.3 is 11.1 Å². The number of hydrogen-bond acceptors (Lipinski definition) is 2. The van der Waals surface area contributed by atoms with Crippen molar-refractivity contribution in [1.29, 1.82) is 0 Å². The van der Waals surface area contributed by atoms with Crippen molar-refractivity contribution in [2.75, 3.05) is 0 Å². The highest BCUT2D eigenvalue weighted by Gasteiger charge is 1.83. The van der Waals surface area contributed by atoms with Crippen LogP contribution in [-0.2, 0) is 4.79 Å². The van der Waals surface area contributed by atoms with Crippen LogP contribution in [0.5, 0.6) is 0 Å². The lowest BCUT2D eigenvalue weighted by Gasteiger charge is -1.94. The summed E-state index contributed by atoms with van der Waals surface area (Å²) >= 11 is 0. The number of carbonyl (C=O) groups excluding carboxylic acids is 1. The fraction of sp³-hybridized carbons (Fsp3) is 0.500. The minimum absolute atomic E-state index is 0.00292. The second-order valence-electron chi connectivity index (χ2n) is 1.92. The van der Waals surface area contributed by atoms with Gasteiger partial charge in [0.05, 0.1) is 0 Å². The maximum Gasteiger partial charge on any atom is 0.220 e. The van der Waals surface area contributed by atoms with Gasteiger partial charge in [-0.2, -0.15) is 0 Å². The van der Waals surface area contributed by atoms with Gasteiger partial charge in [0.15, 0.2) is 0 Å². The summed E-state index contributed by atoms with van der Waals surface area (Å²) < 4.78 is 0. The van der Waals surface area contributed by atoms with Crippen LogP contribution in [0.25, 0.3) is 0 Å². The average Bonchev–Trinajstić information content (AvgIpc) is 1.63. The molecule has 0 bridgehead atoms. The second-order valence-corrected chi connectivity index (χ2v) is 1.92. The molecular weight excluding hydrogens is 116 g/mol. The van der Waals surface area contributed by atoms with Crippen molar-refractivity contribution in [1.82, 2.24) is 5.32 Å². The van der Waals surface area contributed by atoms with Gasteiger partial charge in [0, 0.05) is 19.2 Å². The van der Waals surface area contributed by atoms with E-state index < -0.39 is 0 Å². The van der Waals surface area contributed by atoms with E-state index >= 15 is 0 Å². The third kappa shape index (κ3) is 7.17. The molecule has 0 aromatic rings. The number of carbonyl (C=O) groups is 1. The SMILES string of the molecule is CC(=O)N/C=C\C(C)N. The molecule has 0 aromatic carbocycles. The third-order valence-corrected chi connectivity index (χ3v) is 0.686. The average molecular weight is 128 g/mol. The first kappa shape index (κ1) is 8.17.